The van der Waals surface area contributed by atoms with Crippen LogP contribution in [0.5, 0.6) is 11.5 Å². The minimum atomic E-state index is 0. The zero-order valence-electron chi connectivity index (χ0n) is 16.7. The fraction of sp³-hybridized carbons (Fsp3) is 0.0909. The van der Waals surface area contributed by atoms with Crippen LogP contribution in [-0.4, -0.2) is 21.1 Å². The third kappa shape index (κ3) is 4.77. The summed E-state index contributed by atoms with van der Waals surface area (Å²) in [6.45, 7) is 1.22. The van der Waals surface area contributed by atoms with Gasteiger partial charge in [-0.05, 0) is 59.3 Å². The number of ether oxygens (including phenoxy) is 1. The maximum atomic E-state index is 6.50. The molecule has 0 bridgehead atoms. The van der Waals surface area contributed by atoms with Gasteiger partial charge < -0.3 is 20.4 Å². The van der Waals surface area contributed by atoms with E-state index in [1.54, 1.807) is 11.3 Å². The molecule has 32 heavy (non-hydrogen) atoms. The third-order valence-corrected chi connectivity index (χ3v) is 5.95. The molecule has 166 valence electrons. The lowest BCUT2D eigenvalue weighted by molar-refractivity contribution is 0.484. The number of hydrogen-bond donors (Lipinski definition) is 2. The van der Waals surface area contributed by atoms with Gasteiger partial charge in [-0.15, -0.1) is 36.2 Å². The second-order valence-corrected chi connectivity index (χ2v) is 8.10. The summed E-state index contributed by atoms with van der Waals surface area (Å²) in [5.74, 6) is 2.05. The Bertz CT molecular complexity index is 1350. The molecule has 0 spiro atoms. The van der Waals surface area contributed by atoms with Crippen LogP contribution < -0.4 is 15.8 Å². The highest BCUT2D eigenvalue weighted by atomic mass is 35.5. The predicted molar refractivity (Wildman–Crippen MR) is 138 cm³/mol. The molecule has 10 heteroatoms. The number of halogens is 3. The van der Waals surface area contributed by atoms with Crippen LogP contribution in [0.4, 0.5) is 11.5 Å². The molecule has 0 aliphatic heterocycles. The molecule has 0 aliphatic rings. The molecule has 0 radical (unpaired) electrons. The highest BCUT2D eigenvalue weighted by Crippen LogP contribution is 2.35. The first kappa shape index (κ1) is 24.1. The number of nitrogens with zero attached hydrogens (tertiary/aromatic N) is 3. The summed E-state index contributed by atoms with van der Waals surface area (Å²) in [7, 11) is 0. The number of nitrogens with two attached hydrogens (primary N) is 1. The van der Waals surface area contributed by atoms with Gasteiger partial charge in [-0.25, -0.2) is 9.97 Å². The van der Waals surface area contributed by atoms with E-state index in [-0.39, 0.29) is 24.8 Å². The monoisotopic (exact) mass is 507 g/mol. The predicted octanol–water partition coefficient (Wildman–Crippen LogP) is 6.64. The fourth-order valence-electron chi connectivity index (χ4n) is 3.37. The van der Waals surface area contributed by atoms with Gasteiger partial charge in [0.1, 0.15) is 23.3 Å². The number of thiophene rings is 1. The van der Waals surface area contributed by atoms with Gasteiger partial charge in [0.2, 0.25) is 0 Å². The van der Waals surface area contributed by atoms with E-state index in [1.807, 2.05) is 53.2 Å². The summed E-state index contributed by atoms with van der Waals surface area (Å²) >= 11 is 8.19. The van der Waals surface area contributed by atoms with E-state index in [1.165, 1.54) is 16.4 Å². The van der Waals surface area contributed by atoms with Gasteiger partial charge in [-0.1, -0.05) is 11.6 Å². The Morgan fingerprint density at radius 3 is 2.75 bits per heavy atom. The summed E-state index contributed by atoms with van der Waals surface area (Å²) in [5, 5.41) is 7.11. The van der Waals surface area contributed by atoms with Crippen LogP contribution >= 0.6 is 47.8 Å². The lowest BCUT2D eigenvalue weighted by Crippen LogP contribution is -2.10. The van der Waals surface area contributed by atoms with Gasteiger partial charge in [-0.2, -0.15) is 0 Å². The molecule has 0 saturated carbocycles. The average Bonchev–Trinajstić information content (AvgIpc) is 3.38. The largest absolute Gasteiger partial charge is 0.456 e. The van der Waals surface area contributed by atoms with E-state index in [4.69, 9.17) is 22.1 Å². The van der Waals surface area contributed by atoms with Crippen molar-refractivity contribution in [3.05, 3.63) is 71.5 Å². The number of hydrogen-bond acceptors (Lipinski definition) is 6. The van der Waals surface area contributed by atoms with Crippen molar-refractivity contribution in [3.63, 3.8) is 0 Å². The van der Waals surface area contributed by atoms with Gasteiger partial charge in [-0.3, -0.25) is 0 Å². The number of aromatic nitrogens is 3. The molecule has 0 fully saturated rings. The van der Waals surface area contributed by atoms with E-state index >= 15 is 0 Å². The fourth-order valence-corrected chi connectivity index (χ4v) is 4.41. The number of anilines is 2. The van der Waals surface area contributed by atoms with E-state index in [2.05, 4.69) is 26.7 Å². The van der Waals surface area contributed by atoms with Crippen LogP contribution in [0.1, 0.15) is 0 Å². The van der Waals surface area contributed by atoms with Crippen molar-refractivity contribution in [1.29, 1.82) is 0 Å². The lowest BCUT2D eigenvalue weighted by atomic mass is 10.2. The SMILES string of the molecule is Cl.Cl.NCCn1ccc2ncnc(Nc3ccc(Oc4ccc5ccsc5c4)c(Cl)c3)c21. The summed E-state index contributed by atoms with van der Waals surface area (Å²) in [6.07, 6.45) is 3.50. The summed E-state index contributed by atoms with van der Waals surface area (Å²) < 4.78 is 9.22. The van der Waals surface area contributed by atoms with E-state index in [0.717, 1.165) is 22.5 Å². The number of rotatable bonds is 6. The highest BCUT2D eigenvalue weighted by Gasteiger charge is 2.11. The second-order valence-electron chi connectivity index (χ2n) is 6.75. The Kier molecular flexibility index (Phi) is 7.82. The van der Waals surface area contributed by atoms with Gasteiger partial charge >= 0.3 is 0 Å². The molecule has 0 unspecified atom stereocenters. The quantitative estimate of drug-likeness (QED) is 0.269. The van der Waals surface area contributed by atoms with Crippen molar-refractivity contribution in [1.82, 2.24) is 14.5 Å². The third-order valence-electron chi connectivity index (χ3n) is 4.77. The van der Waals surface area contributed by atoms with Gasteiger partial charge in [0.25, 0.3) is 0 Å². The molecular weight excluding hydrogens is 489 g/mol. The first-order valence-corrected chi connectivity index (χ1v) is 10.7. The molecule has 5 rings (SSSR count). The maximum absolute atomic E-state index is 6.50. The van der Waals surface area contributed by atoms with E-state index in [0.29, 0.717) is 29.7 Å². The van der Waals surface area contributed by atoms with Crippen molar-refractivity contribution in [2.45, 2.75) is 6.54 Å². The molecule has 0 aliphatic carbocycles. The molecule has 0 amide bonds. The smallest absolute Gasteiger partial charge is 0.158 e. The number of fused-ring (bicyclic) bond motifs is 2. The van der Waals surface area contributed by atoms with Crippen LogP contribution in [0, 0.1) is 0 Å². The van der Waals surface area contributed by atoms with Gasteiger partial charge in [0.05, 0.1) is 10.5 Å². The lowest BCUT2D eigenvalue weighted by Gasteiger charge is -2.12. The van der Waals surface area contributed by atoms with Crippen LogP contribution in [0.15, 0.2) is 66.4 Å². The average molecular weight is 509 g/mol. The Morgan fingerprint density at radius 1 is 1.06 bits per heavy atom. The van der Waals surface area contributed by atoms with Crippen molar-refractivity contribution in [3.8, 4) is 11.5 Å². The normalized spacial score (nSPS) is 10.6. The summed E-state index contributed by atoms with van der Waals surface area (Å²) in [6, 6.07) is 15.6. The molecule has 6 nitrogen and oxygen atoms in total. The van der Waals surface area contributed by atoms with Crippen molar-refractivity contribution in [2.75, 3.05) is 11.9 Å². The minimum absolute atomic E-state index is 0. The Balaban J connectivity index is 0.00000144. The Labute approximate surface area is 206 Å². The van der Waals surface area contributed by atoms with Crippen LogP contribution in [0.2, 0.25) is 5.02 Å². The first-order chi connectivity index (χ1) is 14.7. The molecule has 0 saturated heterocycles. The maximum Gasteiger partial charge on any atom is 0.158 e. The first-order valence-electron chi connectivity index (χ1n) is 9.43. The number of benzene rings is 2. The molecule has 3 N–H and O–H groups in total. The van der Waals surface area contributed by atoms with Crippen LogP contribution in [-0.2, 0) is 6.54 Å². The molecule has 2 aromatic carbocycles. The molecule has 3 heterocycles. The summed E-state index contributed by atoms with van der Waals surface area (Å²) in [5.41, 5.74) is 8.30. The van der Waals surface area contributed by atoms with Crippen LogP contribution in [0.25, 0.3) is 21.1 Å². The number of nitrogens with one attached hydrogen (secondary N) is 1. The highest BCUT2D eigenvalue weighted by molar-refractivity contribution is 7.17. The Hall–Kier alpha value is -2.55. The topological polar surface area (TPSA) is 78.0 Å². The van der Waals surface area contributed by atoms with Crippen molar-refractivity contribution >= 4 is 80.4 Å². The van der Waals surface area contributed by atoms with Crippen molar-refractivity contribution < 1.29 is 4.74 Å². The standard InChI is InChI=1S/C22H18ClN5OS.2ClH/c23-17-11-15(27-22-21-18(25-13-26-22)5-8-28(21)9-7-24)2-4-19(17)29-16-3-1-14-6-10-30-20(14)12-16;;/h1-6,8,10-13H,7,9,24H2,(H,25,26,27);2*1H. The van der Waals surface area contributed by atoms with Crippen LogP contribution in [0.3, 0.4) is 0 Å². The molecule has 3 aromatic heterocycles. The van der Waals surface area contributed by atoms with Gasteiger partial charge in [0, 0.05) is 29.7 Å². The molecular formula is C22H20Cl3N5OS. The van der Waals surface area contributed by atoms with E-state index in [9.17, 15) is 0 Å². The molecule has 0 atom stereocenters. The summed E-state index contributed by atoms with van der Waals surface area (Å²) in [4.78, 5) is 8.73. The van der Waals surface area contributed by atoms with E-state index < -0.39 is 0 Å². The minimum Gasteiger partial charge on any atom is -0.456 e. The van der Waals surface area contributed by atoms with Crippen molar-refractivity contribution in [2.24, 2.45) is 5.73 Å². The van der Waals surface area contributed by atoms with Gasteiger partial charge in [0.15, 0.2) is 5.82 Å². The Morgan fingerprint density at radius 2 is 1.94 bits per heavy atom. The molecule has 5 aromatic rings. The zero-order valence-corrected chi connectivity index (χ0v) is 19.9. The second kappa shape index (κ2) is 10.4. The zero-order chi connectivity index (χ0) is 20.5.